The van der Waals surface area contributed by atoms with Gasteiger partial charge in [0, 0.05) is 12.6 Å². The molecule has 1 aromatic carbocycles. The van der Waals surface area contributed by atoms with Gasteiger partial charge in [-0.05, 0) is 61.2 Å². The van der Waals surface area contributed by atoms with Crippen molar-refractivity contribution < 1.29 is 9.42 Å². The summed E-state index contributed by atoms with van der Waals surface area (Å²) in [6, 6.07) is 5.45. The van der Waals surface area contributed by atoms with Gasteiger partial charge in [-0.3, -0.25) is 9.69 Å². The summed E-state index contributed by atoms with van der Waals surface area (Å²) < 4.78 is 6.10. The van der Waals surface area contributed by atoms with Crippen molar-refractivity contribution in [1.29, 1.82) is 0 Å². The van der Waals surface area contributed by atoms with E-state index < -0.39 is 5.91 Å². The fraction of sp³-hybridized carbons (Fsp3) is 0.400. The third-order valence-electron chi connectivity index (χ3n) is 5.63. The van der Waals surface area contributed by atoms with Crippen LogP contribution >= 0.6 is 23.2 Å². The maximum Gasteiger partial charge on any atom is 0.293 e. The Balaban J connectivity index is 1.62. The van der Waals surface area contributed by atoms with Crippen LogP contribution in [0, 0.1) is 0 Å². The largest absolute Gasteiger partial charge is 0.378 e. The van der Waals surface area contributed by atoms with E-state index in [1.165, 1.54) is 11.1 Å². The van der Waals surface area contributed by atoms with Crippen molar-refractivity contribution in [2.24, 2.45) is 5.10 Å². The van der Waals surface area contributed by atoms with E-state index in [4.69, 9.17) is 33.6 Å². The lowest BCUT2D eigenvalue weighted by Gasteiger charge is -2.33. The summed E-state index contributed by atoms with van der Waals surface area (Å²) in [5, 5.41) is 20.6. The first-order valence-corrected chi connectivity index (χ1v) is 11.2. The number of nitrogens with one attached hydrogen (secondary N) is 1. The molecule has 3 heterocycles. The molecule has 0 radical (unpaired) electrons. The number of aromatic nitrogens is 5. The van der Waals surface area contributed by atoms with Crippen LogP contribution in [-0.4, -0.2) is 54.4 Å². The van der Waals surface area contributed by atoms with E-state index in [1.54, 1.807) is 25.1 Å². The second kappa shape index (κ2) is 9.86. The van der Waals surface area contributed by atoms with Gasteiger partial charge in [0.2, 0.25) is 11.6 Å². The Morgan fingerprint density at radius 1 is 1.30 bits per heavy atom. The van der Waals surface area contributed by atoms with Gasteiger partial charge in [-0.15, -0.1) is 5.10 Å². The highest BCUT2D eigenvalue weighted by Gasteiger charge is 2.28. The minimum Gasteiger partial charge on any atom is -0.378 e. The maximum absolute atomic E-state index is 13.0. The number of anilines is 1. The van der Waals surface area contributed by atoms with Crippen LogP contribution in [0.1, 0.15) is 54.9 Å². The molecule has 1 amide bonds. The molecule has 0 bridgehead atoms. The number of rotatable bonds is 6. The van der Waals surface area contributed by atoms with Gasteiger partial charge in [-0.1, -0.05) is 40.9 Å². The van der Waals surface area contributed by atoms with Crippen LogP contribution in [0.4, 0.5) is 5.82 Å². The average molecular weight is 492 g/mol. The highest BCUT2D eigenvalue weighted by Crippen LogP contribution is 2.24. The average Bonchev–Trinajstić information content (AvgIpc) is 3.41. The molecule has 0 saturated carbocycles. The third kappa shape index (κ3) is 5.00. The molecule has 1 saturated heterocycles. The normalized spacial score (nSPS) is 17.3. The van der Waals surface area contributed by atoms with E-state index in [2.05, 4.69) is 43.0 Å². The second-order valence-electron chi connectivity index (χ2n) is 7.85. The number of benzene rings is 1. The van der Waals surface area contributed by atoms with Crippen molar-refractivity contribution in [2.75, 3.05) is 12.3 Å². The smallest absolute Gasteiger partial charge is 0.293 e. The number of hydrogen-bond acceptors (Lipinski definition) is 9. The highest BCUT2D eigenvalue weighted by molar-refractivity contribution is 6.42. The summed E-state index contributed by atoms with van der Waals surface area (Å²) in [5.41, 5.74) is 10.3. The summed E-state index contributed by atoms with van der Waals surface area (Å²) in [6.45, 7) is 5.23. The Morgan fingerprint density at radius 3 is 2.82 bits per heavy atom. The monoisotopic (exact) mass is 491 g/mol. The Morgan fingerprint density at radius 2 is 2.12 bits per heavy atom. The van der Waals surface area contributed by atoms with E-state index >= 15 is 0 Å². The molecule has 1 unspecified atom stereocenters. The van der Waals surface area contributed by atoms with Crippen LogP contribution < -0.4 is 11.2 Å². The number of hydrazone groups is 1. The predicted molar refractivity (Wildman–Crippen MR) is 123 cm³/mol. The molecule has 174 valence electrons. The number of likely N-dealkylation sites (tertiary alicyclic amines) is 1. The molecule has 4 rings (SSSR count). The number of halogens is 2. The number of carbonyl (C=O) groups is 1. The van der Waals surface area contributed by atoms with E-state index in [1.807, 2.05) is 0 Å². The predicted octanol–water partition coefficient (Wildman–Crippen LogP) is 3.07. The second-order valence-corrected chi connectivity index (χ2v) is 8.67. The van der Waals surface area contributed by atoms with Gasteiger partial charge in [-0.25, -0.2) is 10.1 Å². The molecule has 0 spiro atoms. The van der Waals surface area contributed by atoms with Gasteiger partial charge in [0.1, 0.15) is 0 Å². The van der Waals surface area contributed by atoms with E-state index in [9.17, 15) is 4.79 Å². The van der Waals surface area contributed by atoms with E-state index in [0.717, 1.165) is 24.9 Å². The maximum atomic E-state index is 13.0. The number of nitrogen functional groups attached to an aromatic ring is 1. The highest BCUT2D eigenvalue weighted by atomic mass is 35.5. The number of amides is 1. The zero-order chi connectivity index (χ0) is 23.5. The molecule has 1 aliphatic heterocycles. The summed E-state index contributed by atoms with van der Waals surface area (Å²) >= 11 is 12.0. The third-order valence-corrected chi connectivity index (χ3v) is 6.37. The molecule has 1 atom stereocenters. The lowest BCUT2D eigenvalue weighted by Crippen LogP contribution is -2.38. The first-order valence-electron chi connectivity index (χ1n) is 10.4. The van der Waals surface area contributed by atoms with Gasteiger partial charge in [-0.2, -0.15) is 9.78 Å². The molecule has 3 N–H and O–H groups in total. The minimum absolute atomic E-state index is 0.0493. The van der Waals surface area contributed by atoms with Crippen molar-refractivity contribution in [1.82, 2.24) is 35.6 Å². The fourth-order valence-corrected chi connectivity index (χ4v) is 3.98. The number of nitrogens with zero attached hydrogens (tertiary/aromatic N) is 7. The quantitative estimate of drug-likeness (QED) is 0.395. The number of carbonyl (C=O) groups excluding carboxylic acids is 1. The zero-order valence-corrected chi connectivity index (χ0v) is 19.6. The minimum atomic E-state index is -0.518. The van der Waals surface area contributed by atoms with Gasteiger partial charge in [0.05, 0.1) is 21.5 Å². The van der Waals surface area contributed by atoms with Crippen LogP contribution in [-0.2, 0) is 6.54 Å². The number of piperidine rings is 1. The van der Waals surface area contributed by atoms with Crippen molar-refractivity contribution in [3.05, 3.63) is 45.2 Å². The van der Waals surface area contributed by atoms with Crippen LogP contribution in [0.2, 0.25) is 10.0 Å². The zero-order valence-electron chi connectivity index (χ0n) is 18.1. The SMILES string of the molecule is CC(=NNC(=O)c1nnn(-c2nonc2N)c1CN1CCCCC1C)c1ccc(Cl)c(Cl)c1. The summed E-state index contributed by atoms with van der Waals surface area (Å²) in [6.07, 6.45) is 3.32. The van der Waals surface area contributed by atoms with Crippen molar-refractivity contribution in [3.8, 4) is 5.82 Å². The molecule has 3 aromatic rings. The molecule has 13 heteroatoms. The molecular weight excluding hydrogens is 469 g/mol. The van der Waals surface area contributed by atoms with Crippen molar-refractivity contribution >= 4 is 40.6 Å². The van der Waals surface area contributed by atoms with Crippen molar-refractivity contribution in [3.63, 3.8) is 0 Å². The molecule has 1 aliphatic rings. The molecule has 11 nitrogen and oxygen atoms in total. The molecule has 33 heavy (non-hydrogen) atoms. The fourth-order valence-electron chi connectivity index (χ4n) is 3.69. The molecule has 2 aromatic heterocycles. The number of nitrogens with two attached hydrogens (primary N) is 1. The van der Waals surface area contributed by atoms with Crippen LogP contribution in [0.15, 0.2) is 27.9 Å². The van der Waals surface area contributed by atoms with Gasteiger partial charge in [0.15, 0.2) is 5.69 Å². The van der Waals surface area contributed by atoms with Crippen LogP contribution in [0.3, 0.4) is 0 Å². The first kappa shape index (κ1) is 23.1. The van der Waals surface area contributed by atoms with E-state index in [0.29, 0.717) is 34.0 Å². The summed E-state index contributed by atoms with van der Waals surface area (Å²) in [7, 11) is 0. The van der Waals surface area contributed by atoms with Crippen LogP contribution in [0.25, 0.3) is 5.82 Å². The van der Waals surface area contributed by atoms with Crippen LogP contribution in [0.5, 0.6) is 0 Å². The summed E-state index contributed by atoms with van der Waals surface area (Å²) in [4.78, 5) is 15.3. The first-order chi connectivity index (χ1) is 15.8. The molecular formula is C20H23Cl2N9O2. The Bertz CT molecular complexity index is 1190. The lowest BCUT2D eigenvalue weighted by atomic mass is 10.0. The Hall–Kier alpha value is -3.02. The molecule has 1 fully saturated rings. The van der Waals surface area contributed by atoms with Gasteiger partial charge >= 0.3 is 0 Å². The van der Waals surface area contributed by atoms with Crippen molar-refractivity contribution in [2.45, 2.75) is 45.7 Å². The van der Waals surface area contributed by atoms with E-state index in [-0.39, 0.29) is 17.3 Å². The van der Waals surface area contributed by atoms with Gasteiger partial charge < -0.3 is 5.73 Å². The topological polar surface area (TPSA) is 140 Å². The number of hydrogen-bond donors (Lipinski definition) is 2. The van der Waals surface area contributed by atoms with Gasteiger partial charge in [0.25, 0.3) is 5.91 Å². The lowest BCUT2D eigenvalue weighted by molar-refractivity contribution is 0.0944. The Labute approximate surface area is 199 Å². The summed E-state index contributed by atoms with van der Waals surface area (Å²) in [5.74, 6) is -0.291. The standard InChI is InChI=1S/C20H23Cl2N9O2/c1-11-5-3-4-8-30(11)10-16-17(25-29-31(16)19-18(23)27-33-28-19)20(32)26-24-12(2)13-6-7-14(21)15(22)9-13/h6-7,9,11H,3-5,8,10H2,1-2H3,(H2,23,27)(H,26,32). The Kier molecular flexibility index (Phi) is 6.91. The molecule has 0 aliphatic carbocycles.